The number of hydrogen-bond donors (Lipinski definition) is 0. The van der Waals surface area contributed by atoms with Gasteiger partial charge in [-0.2, -0.15) is 0 Å². The van der Waals surface area contributed by atoms with E-state index in [4.69, 9.17) is 14.2 Å². The molecule has 0 saturated carbocycles. The Labute approximate surface area is 138 Å². The van der Waals surface area contributed by atoms with Gasteiger partial charge in [0.1, 0.15) is 11.5 Å². The minimum absolute atomic E-state index is 0.352. The average molecular weight is 328 g/mol. The number of carbonyl (C=O) groups is 1. The van der Waals surface area contributed by atoms with Crippen molar-refractivity contribution in [3.63, 3.8) is 0 Å². The molecule has 5 heteroatoms. The fraction of sp³-hybridized carbons (Fsp3) is 0.167. The molecular weight excluding hydrogens is 312 g/mol. The van der Waals surface area contributed by atoms with E-state index in [1.54, 1.807) is 25.6 Å². The van der Waals surface area contributed by atoms with Crippen molar-refractivity contribution in [3.05, 3.63) is 48.0 Å². The summed E-state index contributed by atoms with van der Waals surface area (Å²) in [7, 11) is 4.63. The highest BCUT2D eigenvalue weighted by Crippen LogP contribution is 2.40. The normalized spacial score (nSPS) is 10.6. The number of esters is 1. The molecule has 0 aliphatic heterocycles. The maximum atomic E-state index is 12.3. The van der Waals surface area contributed by atoms with Gasteiger partial charge in [-0.3, -0.25) is 0 Å². The minimum atomic E-state index is -0.352. The first kappa shape index (κ1) is 15.4. The lowest BCUT2D eigenvalue weighted by Crippen LogP contribution is -2.01. The van der Waals surface area contributed by atoms with Crippen molar-refractivity contribution in [1.29, 1.82) is 0 Å². The van der Waals surface area contributed by atoms with Crippen LogP contribution in [0.2, 0.25) is 0 Å². The van der Waals surface area contributed by atoms with Gasteiger partial charge >= 0.3 is 5.97 Å². The van der Waals surface area contributed by atoms with Crippen LogP contribution in [0.1, 0.15) is 10.4 Å². The third-order valence-corrected chi connectivity index (χ3v) is 4.86. The minimum Gasteiger partial charge on any atom is -0.497 e. The van der Waals surface area contributed by atoms with Crippen LogP contribution in [0.3, 0.4) is 0 Å². The summed E-state index contributed by atoms with van der Waals surface area (Å²) in [6.45, 7) is 0. The number of rotatable bonds is 4. The molecule has 0 unspecified atom stereocenters. The summed E-state index contributed by atoms with van der Waals surface area (Å²) in [4.78, 5) is 13.2. The van der Waals surface area contributed by atoms with Gasteiger partial charge < -0.3 is 14.2 Å². The van der Waals surface area contributed by atoms with E-state index in [9.17, 15) is 4.79 Å². The summed E-state index contributed by atoms with van der Waals surface area (Å²) < 4.78 is 16.5. The summed E-state index contributed by atoms with van der Waals surface area (Å²) in [5.74, 6) is 1.13. The first-order valence-corrected chi connectivity index (χ1v) is 7.83. The lowest BCUT2D eigenvalue weighted by Gasteiger charge is -2.05. The van der Waals surface area contributed by atoms with Crippen LogP contribution in [0.5, 0.6) is 11.5 Å². The van der Waals surface area contributed by atoms with Crippen molar-refractivity contribution >= 4 is 27.4 Å². The Kier molecular flexibility index (Phi) is 4.21. The Hall–Kier alpha value is -2.53. The second-order valence-electron chi connectivity index (χ2n) is 4.89. The van der Waals surface area contributed by atoms with Crippen LogP contribution in [0, 0.1) is 0 Å². The van der Waals surface area contributed by atoms with Gasteiger partial charge in [0.25, 0.3) is 0 Å². The Morgan fingerprint density at radius 2 is 1.57 bits per heavy atom. The van der Waals surface area contributed by atoms with E-state index in [0.29, 0.717) is 11.3 Å². The van der Waals surface area contributed by atoms with Gasteiger partial charge in [0.05, 0.1) is 31.8 Å². The number of fused-ring (bicyclic) bond motifs is 1. The standard InChI is InChI=1S/C18H16O4S/c1-20-12-6-4-11(5-7-12)17-16(18(19)22-3)14-10-13(21-2)8-9-15(14)23-17/h4-10H,1-3H3. The molecule has 23 heavy (non-hydrogen) atoms. The fourth-order valence-corrected chi connectivity index (χ4v) is 3.63. The quantitative estimate of drug-likeness (QED) is 0.667. The van der Waals surface area contributed by atoms with Crippen LogP contribution < -0.4 is 9.47 Å². The molecule has 0 saturated heterocycles. The molecule has 0 atom stereocenters. The first-order chi connectivity index (χ1) is 11.2. The number of benzene rings is 2. The van der Waals surface area contributed by atoms with Gasteiger partial charge in [-0.05, 0) is 48.0 Å². The van der Waals surface area contributed by atoms with E-state index in [0.717, 1.165) is 26.3 Å². The van der Waals surface area contributed by atoms with Crippen LogP contribution in [0.4, 0.5) is 0 Å². The average Bonchev–Trinajstić information content (AvgIpc) is 2.99. The topological polar surface area (TPSA) is 44.8 Å². The zero-order valence-electron chi connectivity index (χ0n) is 13.1. The molecular formula is C18H16O4S. The number of hydrogen-bond acceptors (Lipinski definition) is 5. The highest BCUT2D eigenvalue weighted by molar-refractivity contribution is 7.22. The van der Waals surface area contributed by atoms with E-state index in [2.05, 4.69) is 0 Å². The second kappa shape index (κ2) is 6.30. The van der Waals surface area contributed by atoms with Gasteiger partial charge in [0, 0.05) is 10.1 Å². The summed E-state index contributed by atoms with van der Waals surface area (Å²) in [6, 6.07) is 13.3. The summed E-state index contributed by atoms with van der Waals surface area (Å²) >= 11 is 1.56. The molecule has 2 aromatic carbocycles. The zero-order valence-corrected chi connectivity index (χ0v) is 13.9. The van der Waals surface area contributed by atoms with Crippen molar-refractivity contribution in [1.82, 2.24) is 0 Å². The summed E-state index contributed by atoms with van der Waals surface area (Å²) in [6.07, 6.45) is 0. The van der Waals surface area contributed by atoms with Gasteiger partial charge in [-0.15, -0.1) is 11.3 Å². The molecule has 0 amide bonds. The molecule has 1 aromatic heterocycles. The largest absolute Gasteiger partial charge is 0.497 e. The molecule has 0 fully saturated rings. The SMILES string of the molecule is COC(=O)c1c(-c2ccc(OC)cc2)sc2ccc(OC)cc12. The Morgan fingerprint density at radius 1 is 0.913 bits per heavy atom. The molecule has 118 valence electrons. The van der Waals surface area contributed by atoms with Crippen LogP contribution in [-0.4, -0.2) is 27.3 Å². The molecule has 3 rings (SSSR count). The molecule has 4 nitrogen and oxygen atoms in total. The lowest BCUT2D eigenvalue weighted by atomic mass is 10.1. The smallest absolute Gasteiger partial charge is 0.339 e. The van der Waals surface area contributed by atoms with E-state index in [1.807, 2.05) is 42.5 Å². The Balaban J connectivity index is 2.23. The van der Waals surface area contributed by atoms with Gasteiger partial charge in [-0.25, -0.2) is 4.79 Å². The highest BCUT2D eigenvalue weighted by atomic mass is 32.1. The Morgan fingerprint density at radius 3 is 2.17 bits per heavy atom. The van der Waals surface area contributed by atoms with E-state index >= 15 is 0 Å². The molecule has 1 heterocycles. The number of methoxy groups -OCH3 is 3. The van der Waals surface area contributed by atoms with Crippen LogP contribution in [0.25, 0.3) is 20.5 Å². The van der Waals surface area contributed by atoms with Crippen LogP contribution in [-0.2, 0) is 4.74 Å². The molecule has 0 aliphatic carbocycles. The fourth-order valence-electron chi connectivity index (χ4n) is 2.45. The van der Waals surface area contributed by atoms with E-state index in [-0.39, 0.29) is 5.97 Å². The van der Waals surface area contributed by atoms with Crippen molar-refractivity contribution in [2.24, 2.45) is 0 Å². The van der Waals surface area contributed by atoms with Crippen molar-refractivity contribution in [2.45, 2.75) is 0 Å². The third-order valence-electron chi connectivity index (χ3n) is 3.64. The predicted molar refractivity (Wildman–Crippen MR) is 91.7 cm³/mol. The van der Waals surface area contributed by atoms with Gasteiger partial charge in [0.2, 0.25) is 0 Å². The molecule has 0 spiro atoms. The molecule has 3 aromatic rings. The second-order valence-corrected chi connectivity index (χ2v) is 5.94. The highest BCUT2D eigenvalue weighted by Gasteiger charge is 2.21. The molecule has 0 radical (unpaired) electrons. The Bertz CT molecular complexity index is 849. The van der Waals surface area contributed by atoms with Crippen molar-refractivity contribution in [2.75, 3.05) is 21.3 Å². The predicted octanol–water partition coefficient (Wildman–Crippen LogP) is 4.37. The monoisotopic (exact) mass is 328 g/mol. The molecule has 0 bridgehead atoms. The maximum Gasteiger partial charge on any atom is 0.339 e. The maximum absolute atomic E-state index is 12.3. The van der Waals surface area contributed by atoms with Crippen molar-refractivity contribution in [3.8, 4) is 21.9 Å². The summed E-state index contributed by atoms with van der Waals surface area (Å²) in [5, 5.41) is 0.840. The third kappa shape index (κ3) is 2.75. The lowest BCUT2D eigenvalue weighted by molar-refractivity contribution is 0.0604. The zero-order chi connectivity index (χ0) is 16.4. The van der Waals surface area contributed by atoms with Crippen LogP contribution >= 0.6 is 11.3 Å². The van der Waals surface area contributed by atoms with Crippen LogP contribution in [0.15, 0.2) is 42.5 Å². The number of ether oxygens (including phenoxy) is 3. The number of thiophene rings is 1. The summed E-state index contributed by atoms with van der Waals surface area (Å²) in [5.41, 5.74) is 1.52. The number of carbonyl (C=O) groups excluding carboxylic acids is 1. The van der Waals surface area contributed by atoms with Gasteiger partial charge in [0.15, 0.2) is 0 Å². The van der Waals surface area contributed by atoms with E-state index in [1.165, 1.54) is 7.11 Å². The van der Waals surface area contributed by atoms with Crippen molar-refractivity contribution < 1.29 is 19.0 Å². The van der Waals surface area contributed by atoms with E-state index < -0.39 is 0 Å². The first-order valence-electron chi connectivity index (χ1n) is 7.01. The molecule has 0 N–H and O–H groups in total. The molecule has 0 aliphatic rings. The van der Waals surface area contributed by atoms with Gasteiger partial charge in [-0.1, -0.05) is 0 Å².